The SMILES string of the molecule is O=C(Cn1ccc2[nH]cc(-c3ccc(Cl)c(Cl)c3)c2c1=O)N1CCC(F)C1. The maximum Gasteiger partial charge on any atom is 0.261 e. The van der Waals surface area contributed by atoms with Gasteiger partial charge in [0.1, 0.15) is 12.7 Å². The summed E-state index contributed by atoms with van der Waals surface area (Å²) in [5.74, 6) is -0.261. The molecule has 3 heterocycles. The molecule has 1 amide bonds. The summed E-state index contributed by atoms with van der Waals surface area (Å²) < 4.78 is 14.7. The molecule has 1 unspecified atom stereocenters. The van der Waals surface area contributed by atoms with E-state index in [-0.39, 0.29) is 24.6 Å². The summed E-state index contributed by atoms with van der Waals surface area (Å²) >= 11 is 12.1. The lowest BCUT2D eigenvalue weighted by Crippen LogP contribution is -2.35. The third-order valence-corrected chi connectivity index (χ3v) is 5.57. The molecule has 0 aliphatic carbocycles. The number of halogens is 3. The lowest BCUT2D eigenvalue weighted by molar-refractivity contribution is -0.131. The van der Waals surface area contributed by atoms with Crippen LogP contribution in [0.1, 0.15) is 6.42 Å². The minimum Gasteiger partial charge on any atom is -0.360 e. The Balaban J connectivity index is 1.72. The molecular formula is C19H16Cl2FN3O2. The van der Waals surface area contributed by atoms with E-state index in [9.17, 15) is 14.0 Å². The average molecular weight is 408 g/mol. The number of rotatable bonds is 3. The van der Waals surface area contributed by atoms with Crippen molar-refractivity contribution in [1.29, 1.82) is 0 Å². The van der Waals surface area contributed by atoms with Gasteiger partial charge in [-0.05, 0) is 30.2 Å². The Morgan fingerprint density at radius 1 is 1.26 bits per heavy atom. The van der Waals surface area contributed by atoms with Crippen molar-refractivity contribution in [3.63, 3.8) is 0 Å². The molecule has 1 aromatic carbocycles. The van der Waals surface area contributed by atoms with Gasteiger partial charge in [-0.15, -0.1) is 0 Å². The Kier molecular flexibility index (Phi) is 4.70. The van der Waals surface area contributed by atoms with Crippen molar-refractivity contribution in [3.05, 3.63) is 57.1 Å². The highest BCUT2D eigenvalue weighted by Gasteiger charge is 2.26. The molecule has 1 fully saturated rings. The van der Waals surface area contributed by atoms with Crippen LogP contribution in [0.3, 0.4) is 0 Å². The highest BCUT2D eigenvalue weighted by atomic mass is 35.5. The quantitative estimate of drug-likeness (QED) is 0.716. The number of nitrogens with zero attached hydrogens (tertiary/aromatic N) is 2. The standard InChI is InChI=1S/C19H16Cl2FN3O2/c20-14-2-1-11(7-15(14)21)13-8-23-16-4-6-25(19(27)18(13)16)10-17(26)24-5-3-12(22)9-24/h1-2,4,6-8,12,23H,3,5,9-10H2. The first kappa shape index (κ1) is 18.1. The summed E-state index contributed by atoms with van der Waals surface area (Å²) in [4.78, 5) is 29.9. The van der Waals surface area contributed by atoms with Crippen LogP contribution < -0.4 is 5.56 Å². The van der Waals surface area contributed by atoms with Crippen LogP contribution in [0.4, 0.5) is 4.39 Å². The van der Waals surface area contributed by atoms with E-state index in [1.54, 1.807) is 36.7 Å². The van der Waals surface area contributed by atoms with Crippen molar-refractivity contribution < 1.29 is 9.18 Å². The second kappa shape index (κ2) is 7.02. The number of likely N-dealkylation sites (tertiary alicyclic amines) is 1. The fourth-order valence-electron chi connectivity index (χ4n) is 3.38. The number of aromatic nitrogens is 2. The van der Waals surface area contributed by atoms with E-state index in [1.165, 1.54) is 9.47 Å². The molecule has 0 radical (unpaired) electrons. The molecule has 0 spiro atoms. The first-order valence-electron chi connectivity index (χ1n) is 8.52. The predicted octanol–water partition coefficient (Wildman–Crippen LogP) is 3.87. The van der Waals surface area contributed by atoms with Crippen molar-refractivity contribution in [1.82, 2.24) is 14.5 Å². The minimum absolute atomic E-state index is 0.0918. The maximum absolute atomic E-state index is 13.3. The molecule has 5 nitrogen and oxygen atoms in total. The molecule has 27 heavy (non-hydrogen) atoms. The van der Waals surface area contributed by atoms with Crippen LogP contribution in [-0.4, -0.2) is 39.6 Å². The molecule has 140 valence electrons. The van der Waals surface area contributed by atoms with Crippen LogP contribution in [-0.2, 0) is 11.3 Å². The molecule has 4 rings (SSSR count). The van der Waals surface area contributed by atoms with E-state index in [2.05, 4.69) is 4.98 Å². The number of hydrogen-bond donors (Lipinski definition) is 1. The molecule has 1 saturated heterocycles. The third kappa shape index (κ3) is 3.35. The number of aromatic amines is 1. The minimum atomic E-state index is -0.987. The number of carbonyl (C=O) groups excluding carboxylic acids is 1. The number of alkyl halides is 1. The number of fused-ring (bicyclic) bond motifs is 1. The van der Waals surface area contributed by atoms with Crippen molar-refractivity contribution in [2.24, 2.45) is 0 Å². The van der Waals surface area contributed by atoms with Gasteiger partial charge in [0, 0.05) is 24.5 Å². The van der Waals surface area contributed by atoms with Gasteiger partial charge in [-0.1, -0.05) is 29.3 Å². The van der Waals surface area contributed by atoms with E-state index >= 15 is 0 Å². The monoisotopic (exact) mass is 407 g/mol. The zero-order chi connectivity index (χ0) is 19.1. The average Bonchev–Trinajstić information content (AvgIpc) is 3.26. The molecule has 1 atom stereocenters. The van der Waals surface area contributed by atoms with Gasteiger partial charge in [0.05, 0.1) is 27.5 Å². The number of H-pyrrole nitrogens is 1. The summed E-state index contributed by atoms with van der Waals surface area (Å²) in [6.45, 7) is 0.359. The molecular weight excluding hydrogens is 392 g/mol. The van der Waals surface area contributed by atoms with E-state index in [0.717, 1.165) is 5.56 Å². The molecule has 1 aliphatic heterocycles. The van der Waals surface area contributed by atoms with Crippen molar-refractivity contribution in [2.45, 2.75) is 19.1 Å². The van der Waals surface area contributed by atoms with Gasteiger partial charge in [-0.3, -0.25) is 9.59 Å². The van der Waals surface area contributed by atoms with E-state index in [1.807, 2.05) is 0 Å². The number of carbonyl (C=O) groups is 1. The predicted molar refractivity (Wildman–Crippen MR) is 104 cm³/mol. The number of nitrogens with one attached hydrogen (secondary N) is 1. The van der Waals surface area contributed by atoms with Crippen molar-refractivity contribution in [2.75, 3.05) is 13.1 Å². The van der Waals surface area contributed by atoms with Crippen LogP contribution >= 0.6 is 23.2 Å². The van der Waals surface area contributed by atoms with Gasteiger partial charge in [-0.2, -0.15) is 0 Å². The molecule has 2 aromatic heterocycles. The molecule has 0 bridgehead atoms. The zero-order valence-corrected chi connectivity index (χ0v) is 15.7. The summed E-state index contributed by atoms with van der Waals surface area (Å²) in [6, 6.07) is 6.89. The fraction of sp³-hybridized carbons (Fsp3) is 0.263. The summed E-state index contributed by atoms with van der Waals surface area (Å²) in [7, 11) is 0. The van der Waals surface area contributed by atoms with Gasteiger partial charge < -0.3 is 14.5 Å². The smallest absolute Gasteiger partial charge is 0.261 e. The van der Waals surface area contributed by atoms with Crippen LogP contribution in [0.15, 0.2) is 41.5 Å². The second-order valence-electron chi connectivity index (χ2n) is 6.59. The van der Waals surface area contributed by atoms with E-state index in [0.29, 0.717) is 39.5 Å². The lowest BCUT2D eigenvalue weighted by Gasteiger charge is -2.16. The number of amides is 1. The van der Waals surface area contributed by atoms with Crippen LogP contribution in [0, 0.1) is 0 Å². The summed E-state index contributed by atoms with van der Waals surface area (Å²) in [5, 5.41) is 1.29. The number of pyridine rings is 1. The van der Waals surface area contributed by atoms with Gasteiger partial charge in [0.15, 0.2) is 0 Å². The zero-order valence-electron chi connectivity index (χ0n) is 14.2. The normalized spacial score (nSPS) is 17.0. The first-order chi connectivity index (χ1) is 12.9. The van der Waals surface area contributed by atoms with Gasteiger partial charge >= 0.3 is 0 Å². The van der Waals surface area contributed by atoms with E-state index in [4.69, 9.17) is 23.2 Å². The lowest BCUT2D eigenvalue weighted by atomic mass is 10.1. The molecule has 8 heteroatoms. The Morgan fingerprint density at radius 3 is 2.78 bits per heavy atom. The molecule has 3 aromatic rings. The van der Waals surface area contributed by atoms with Crippen LogP contribution in [0.25, 0.3) is 22.0 Å². The van der Waals surface area contributed by atoms with Crippen LogP contribution in [0.5, 0.6) is 0 Å². The molecule has 1 aliphatic rings. The topological polar surface area (TPSA) is 58.1 Å². The van der Waals surface area contributed by atoms with Crippen molar-refractivity contribution in [3.8, 4) is 11.1 Å². The summed E-state index contributed by atoms with van der Waals surface area (Å²) in [5.41, 5.74) is 1.80. The Labute approximate surface area is 164 Å². The van der Waals surface area contributed by atoms with E-state index < -0.39 is 6.17 Å². The summed E-state index contributed by atoms with van der Waals surface area (Å²) in [6.07, 6.45) is 2.66. The maximum atomic E-state index is 13.3. The van der Waals surface area contributed by atoms with Crippen molar-refractivity contribution >= 4 is 40.0 Å². The highest BCUT2D eigenvalue weighted by Crippen LogP contribution is 2.31. The Bertz CT molecular complexity index is 1090. The molecule has 1 N–H and O–H groups in total. The Hall–Kier alpha value is -2.31. The fourth-order valence-corrected chi connectivity index (χ4v) is 3.68. The molecule has 0 saturated carbocycles. The number of hydrogen-bond acceptors (Lipinski definition) is 2. The number of benzene rings is 1. The van der Waals surface area contributed by atoms with Gasteiger partial charge in [0.2, 0.25) is 5.91 Å². The van der Waals surface area contributed by atoms with Crippen LogP contribution in [0.2, 0.25) is 10.0 Å². The second-order valence-corrected chi connectivity index (χ2v) is 7.41. The third-order valence-electron chi connectivity index (χ3n) is 4.83. The largest absolute Gasteiger partial charge is 0.360 e. The highest BCUT2D eigenvalue weighted by molar-refractivity contribution is 6.42. The van der Waals surface area contributed by atoms with Gasteiger partial charge in [-0.25, -0.2) is 4.39 Å². The first-order valence-corrected chi connectivity index (χ1v) is 9.27. The van der Waals surface area contributed by atoms with Gasteiger partial charge in [0.25, 0.3) is 5.56 Å². The Morgan fingerprint density at radius 2 is 2.07 bits per heavy atom.